The van der Waals surface area contributed by atoms with E-state index >= 15 is 0 Å². The number of rotatable bonds is 12. The Balaban J connectivity index is 0.000000138. The standard InChI is InChI=1S/C23H19BrN2O2.C23H19ClN2O2.C23H19FN2O2.C22H17ClN2O2.CH4/c3*1-26-21-12-11-18(24)14-19(21)22(27)25-20(23(26)28)13-15-7-9-17(10-8-15)16-5-3-2-4-6-16;23-17-10-11-19-18(13-17)21(26)25-20(22(27)24-19)12-14-6-8-16(9-7-14)15-4-2-1-3-5-15;/h3*2-12,14,20H,13H2,1H3,(H,25,27);1-11,13,20H,12H2,(H,24,27)(H,25,26);1H4. The summed E-state index contributed by atoms with van der Waals surface area (Å²) < 4.78 is 14.4. The number of nitrogens with one attached hydrogen (secondary N) is 5. The first-order valence-electron chi connectivity index (χ1n) is 35.8. The number of nitrogens with zero attached hydrogens (tertiary/aromatic N) is 3. The Bertz CT molecular complexity index is 5050. The zero-order valence-electron chi connectivity index (χ0n) is 60.5. The van der Waals surface area contributed by atoms with Crippen molar-refractivity contribution in [3.05, 3.63) is 356 Å². The van der Waals surface area contributed by atoms with E-state index in [2.05, 4.69) is 78.9 Å². The molecule has 0 radical (unpaired) electrons. The van der Waals surface area contributed by atoms with E-state index in [0.29, 0.717) is 75.2 Å². The van der Waals surface area contributed by atoms with Crippen LogP contribution in [0.1, 0.15) is 71.1 Å². The van der Waals surface area contributed by atoms with Crippen molar-refractivity contribution in [1.82, 2.24) is 21.3 Å². The third-order valence-electron chi connectivity index (χ3n) is 19.6. The minimum absolute atomic E-state index is 0. The highest BCUT2D eigenvalue weighted by molar-refractivity contribution is 9.10. The van der Waals surface area contributed by atoms with E-state index in [-0.39, 0.29) is 54.3 Å². The average molecular weight is 1590 g/mol. The molecule has 5 N–H and O–H groups in total. The van der Waals surface area contributed by atoms with Crippen LogP contribution in [0.2, 0.25) is 10.0 Å². The molecule has 4 unspecified atom stereocenters. The Morgan fingerprint density at radius 2 is 0.598 bits per heavy atom. The Labute approximate surface area is 667 Å². The fraction of sp³-hybridized carbons (Fsp3) is 0.130. The molecule has 12 aromatic carbocycles. The molecule has 4 aliphatic rings. The Kier molecular flexibility index (Phi) is 25.3. The predicted octanol–water partition coefficient (Wildman–Crippen LogP) is 17.5. The third kappa shape index (κ3) is 18.8. The molecule has 0 fully saturated rings. The summed E-state index contributed by atoms with van der Waals surface area (Å²) in [5.74, 6) is -2.54. The fourth-order valence-corrected chi connectivity index (χ4v) is 14.3. The van der Waals surface area contributed by atoms with Gasteiger partial charge in [-0.05, 0) is 140 Å². The number of carbonyl (C=O) groups excluding carboxylic acids is 8. The molecule has 0 spiro atoms. The first kappa shape index (κ1) is 79.0. The molecule has 4 heterocycles. The van der Waals surface area contributed by atoms with E-state index in [1.165, 1.54) is 21.9 Å². The van der Waals surface area contributed by atoms with Crippen molar-refractivity contribution in [2.45, 2.75) is 57.3 Å². The van der Waals surface area contributed by atoms with E-state index < -0.39 is 35.9 Å². The molecule has 0 aromatic heterocycles. The number of hydrogen-bond acceptors (Lipinski definition) is 8. The van der Waals surface area contributed by atoms with Crippen LogP contribution >= 0.6 is 39.1 Å². The van der Waals surface area contributed by atoms with Crippen molar-refractivity contribution in [2.75, 3.05) is 41.2 Å². The van der Waals surface area contributed by atoms with Gasteiger partial charge in [0.15, 0.2) is 0 Å². The van der Waals surface area contributed by atoms with Crippen LogP contribution in [0, 0.1) is 5.82 Å². The molecule has 12 aromatic rings. The van der Waals surface area contributed by atoms with Gasteiger partial charge < -0.3 is 41.3 Å². The van der Waals surface area contributed by atoms with E-state index in [4.69, 9.17) is 23.2 Å². The number of benzene rings is 12. The summed E-state index contributed by atoms with van der Waals surface area (Å²) in [7, 11) is 4.99. The van der Waals surface area contributed by atoms with Gasteiger partial charge in [0.2, 0.25) is 23.6 Å². The van der Waals surface area contributed by atoms with E-state index in [0.717, 1.165) is 77.3 Å². The van der Waals surface area contributed by atoms with Crippen molar-refractivity contribution in [3.8, 4) is 44.5 Å². The number of hydrogen-bond donors (Lipinski definition) is 5. The molecule has 4 atom stereocenters. The van der Waals surface area contributed by atoms with Crippen LogP contribution in [0.3, 0.4) is 0 Å². The molecule has 562 valence electrons. The molecule has 0 aliphatic carbocycles. The van der Waals surface area contributed by atoms with Crippen molar-refractivity contribution >= 4 is 109 Å². The second kappa shape index (κ2) is 35.8. The summed E-state index contributed by atoms with van der Waals surface area (Å²) >= 11 is 15.4. The average Bonchev–Trinajstić information content (AvgIpc) is 1.65. The largest absolute Gasteiger partial charge is 0.340 e. The highest BCUT2D eigenvalue weighted by atomic mass is 79.9. The van der Waals surface area contributed by atoms with Gasteiger partial charge in [-0.25, -0.2) is 4.39 Å². The maximum Gasteiger partial charge on any atom is 0.254 e. The smallest absolute Gasteiger partial charge is 0.254 e. The number of amides is 8. The van der Waals surface area contributed by atoms with Crippen molar-refractivity contribution in [2.24, 2.45) is 0 Å². The molecule has 4 aliphatic heterocycles. The number of anilines is 4. The zero-order valence-corrected chi connectivity index (χ0v) is 63.6. The molecule has 112 heavy (non-hydrogen) atoms. The second-order valence-corrected chi connectivity index (χ2v) is 28.8. The Hall–Kier alpha value is -12.6. The van der Waals surface area contributed by atoms with Crippen molar-refractivity contribution in [1.29, 1.82) is 0 Å². The van der Waals surface area contributed by atoms with E-state index in [1.807, 2.05) is 188 Å². The van der Waals surface area contributed by atoms with Gasteiger partial charge in [0, 0.05) is 61.3 Å². The van der Waals surface area contributed by atoms with Crippen LogP contribution in [-0.4, -0.2) is 92.6 Å². The monoisotopic (exact) mass is 1590 g/mol. The lowest BCUT2D eigenvalue weighted by Crippen LogP contribution is -2.45. The van der Waals surface area contributed by atoms with Crippen LogP contribution in [0.5, 0.6) is 0 Å². The van der Waals surface area contributed by atoms with Gasteiger partial charge in [-0.1, -0.05) is 265 Å². The molecule has 0 saturated heterocycles. The first-order valence-corrected chi connectivity index (χ1v) is 37.4. The minimum atomic E-state index is -0.712. The molecule has 20 heteroatoms. The van der Waals surface area contributed by atoms with Crippen LogP contribution in [-0.2, 0) is 44.9 Å². The normalized spacial score (nSPS) is 16.2. The van der Waals surface area contributed by atoms with Gasteiger partial charge in [-0.2, -0.15) is 0 Å². The molecular formula is C92H78BrCl2FN8O8. The van der Waals surface area contributed by atoms with Gasteiger partial charge in [-0.15, -0.1) is 0 Å². The molecule has 16 rings (SSSR count). The number of halogens is 4. The summed E-state index contributed by atoms with van der Waals surface area (Å²) in [6.45, 7) is 0. The number of fused-ring (bicyclic) bond motifs is 4. The summed E-state index contributed by atoms with van der Waals surface area (Å²) in [6.07, 6.45) is 1.64. The summed E-state index contributed by atoms with van der Waals surface area (Å²) in [5.41, 5.74) is 16.4. The van der Waals surface area contributed by atoms with Gasteiger partial charge in [0.1, 0.15) is 30.0 Å². The molecule has 8 amide bonds. The lowest BCUT2D eigenvalue weighted by atomic mass is 10.00. The van der Waals surface area contributed by atoms with Crippen LogP contribution in [0.25, 0.3) is 44.5 Å². The first-order chi connectivity index (χ1) is 53.7. The van der Waals surface area contributed by atoms with Crippen molar-refractivity contribution in [3.63, 3.8) is 0 Å². The lowest BCUT2D eigenvalue weighted by Gasteiger charge is -2.21. The molecule has 0 saturated carbocycles. The topological polar surface area (TPSA) is 206 Å². The van der Waals surface area contributed by atoms with Gasteiger partial charge in [-0.3, -0.25) is 38.4 Å². The molecule has 0 bridgehead atoms. The zero-order chi connectivity index (χ0) is 77.8. The number of likely N-dealkylation sites (N-methyl/N-ethyl adjacent to an activating group) is 3. The summed E-state index contributed by atoms with van der Waals surface area (Å²) in [6, 6.07) is 88.9. The number of carbonyl (C=O) groups is 8. The molecular weight excluding hydrogens is 1510 g/mol. The highest BCUT2D eigenvalue weighted by Gasteiger charge is 2.36. The van der Waals surface area contributed by atoms with Crippen molar-refractivity contribution < 1.29 is 42.7 Å². The lowest BCUT2D eigenvalue weighted by molar-refractivity contribution is -0.120. The van der Waals surface area contributed by atoms with Crippen LogP contribution < -0.4 is 41.3 Å². The quantitative estimate of drug-likeness (QED) is 0.0793. The summed E-state index contributed by atoms with van der Waals surface area (Å²) in [5, 5.41) is 15.0. The predicted molar refractivity (Wildman–Crippen MR) is 446 cm³/mol. The third-order valence-corrected chi connectivity index (χ3v) is 20.6. The highest BCUT2D eigenvalue weighted by Crippen LogP contribution is 2.33. The SMILES string of the molecule is C.CN1C(=O)C(Cc2ccc(-c3ccccc3)cc2)NC(=O)c2cc(Br)ccc21.CN1C(=O)C(Cc2ccc(-c3ccccc3)cc2)NC(=O)c2cc(Cl)ccc21.CN1C(=O)C(Cc2ccc(-c3ccccc3)cc2)NC(=O)c2cc(F)ccc21.O=C1NC(Cc2ccc(-c3ccccc3)cc2)C(=O)Nc2ccc(Cl)cc21. The van der Waals surface area contributed by atoms with Crippen LogP contribution in [0.15, 0.2) is 296 Å². The Morgan fingerprint density at radius 1 is 0.321 bits per heavy atom. The van der Waals surface area contributed by atoms with E-state index in [9.17, 15) is 42.7 Å². The maximum absolute atomic E-state index is 13.6. The minimum Gasteiger partial charge on any atom is -0.340 e. The van der Waals surface area contributed by atoms with E-state index in [1.54, 1.807) is 74.6 Å². The van der Waals surface area contributed by atoms with Crippen LogP contribution in [0.4, 0.5) is 27.1 Å². The fourth-order valence-electron chi connectivity index (χ4n) is 13.6. The van der Waals surface area contributed by atoms with Gasteiger partial charge >= 0.3 is 0 Å². The molecule has 16 nitrogen and oxygen atoms in total. The maximum atomic E-state index is 13.6. The van der Waals surface area contributed by atoms with Gasteiger partial charge in [0.25, 0.3) is 23.6 Å². The second-order valence-electron chi connectivity index (χ2n) is 27.0. The summed E-state index contributed by atoms with van der Waals surface area (Å²) in [4.78, 5) is 106. The Morgan fingerprint density at radius 3 is 0.964 bits per heavy atom. The van der Waals surface area contributed by atoms with Gasteiger partial charge in [0.05, 0.1) is 45.0 Å².